The number of anilines is 1. The van der Waals surface area contributed by atoms with Crippen molar-refractivity contribution in [2.75, 3.05) is 23.5 Å². The van der Waals surface area contributed by atoms with E-state index in [1.54, 1.807) is 26.2 Å². The second kappa shape index (κ2) is 20.1. The number of rotatable bonds is 16. The highest BCUT2D eigenvalue weighted by atomic mass is 35.5. The van der Waals surface area contributed by atoms with E-state index in [4.69, 9.17) is 30.9 Å². The second-order valence-corrected chi connectivity index (χ2v) is 20.0. The summed E-state index contributed by atoms with van der Waals surface area (Å²) in [5, 5.41) is 11.4. The molecule has 0 radical (unpaired) electrons. The molecule has 1 aromatic heterocycles. The molecule has 13 nitrogen and oxygen atoms in total. The van der Waals surface area contributed by atoms with Gasteiger partial charge in [0.2, 0.25) is 11.7 Å². The number of aromatic nitrogens is 1. The van der Waals surface area contributed by atoms with Crippen LogP contribution in [0, 0.1) is 5.41 Å². The maximum atomic E-state index is 14.4. The van der Waals surface area contributed by atoms with E-state index in [-0.39, 0.29) is 23.9 Å². The van der Waals surface area contributed by atoms with Crippen molar-refractivity contribution >= 4 is 68.3 Å². The molecule has 0 saturated carbocycles. The zero-order valence-electron chi connectivity index (χ0n) is 37.4. The van der Waals surface area contributed by atoms with Gasteiger partial charge in [0.25, 0.3) is 5.91 Å². The number of β-lactam (4-membered cyclic amide) rings is 1. The number of oxime groups is 1. The van der Waals surface area contributed by atoms with Crippen molar-refractivity contribution in [2.45, 2.75) is 49.4 Å². The largest absolute Gasteiger partial charge is 0.454 e. The summed E-state index contributed by atoms with van der Waals surface area (Å²) in [5.74, 6) is -4.17. The number of fused-ring (bicyclic) bond motifs is 1. The van der Waals surface area contributed by atoms with Crippen LogP contribution in [0.15, 0.2) is 175 Å². The average molecular weight is 971 g/mol. The number of thiazole rings is 1. The predicted molar refractivity (Wildman–Crippen MR) is 262 cm³/mol. The van der Waals surface area contributed by atoms with Gasteiger partial charge in [-0.2, -0.15) is 0 Å². The minimum atomic E-state index is -1.90. The van der Waals surface area contributed by atoms with Crippen LogP contribution in [0.1, 0.15) is 60.4 Å². The van der Waals surface area contributed by atoms with Gasteiger partial charge < -0.3 is 29.8 Å². The van der Waals surface area contributed by atoms with Gasteiger partial charge in [-0.15, -0.1) is 22.9 Å². The molecular formula is C52H48ClN5O8S2. The summed E-state index contributed by atoms with van der Waals surface area (Å²) in [6.45, 7) is 8.48. The minimum absolute atomic E-state index is 0.0266. The molecule has 3 unspecified atom stereocenters. The third-order valence-corrected chi connectivity index (χ3v) is 14.6. The van der Waals surface area contributed by atoms with Gasteiger partial charge in [0, 0.05) is 34.4 Å². The molecule has 2 aliphatic rings. The van der Waals surface area contributed by atoms with Crippen molar-refractivity contribution in [2.24, 2.45) is 10.6 Å². The Balaban J connectivity index is 1.07. The standard InChI is InChI=1S/C52H48ClN5O8S2/c1-34(47(61)65-50(2,3)4)66-57-41(40-30-67-49(54-40)56-52(37-24-14-7-15-25-37,38-26-16-8-17-27-38)39-28-18-9-19-29-39)44(59)55-42-45(60)58-32-51(31-53,33-68(63)46(42)58)48(62)64-43(35-20-10-5-11-21-35)36-22-12-6-13-23-36/h5-30,42-43,46H,1,31-33H2,2-4H3,(H,54,56)(H,55,59)/t42?,46-,51?,68?/m1/s1. The molecule has 2 N–H and O–H groups in total. The summed E-state index contributed by atoms with van der Waals surface area (Å²) in [4.78, 5) is 67.0. The number of carbonyl (C=O) groups excluding carboxylic acids is 4. The predicted octanol–water partition coefficient (Wildman–Crippen LogP) is 8.10. The first-order chi connectivity index (χ1) is 32.7. The van der Waals surface area contributed by atoms with Crippen molar-refractivity contribution in [3.63, 3.8) is 0 Å². The number of ether oxygens (including phenoxy) is 2. The van der Waals surface area contributed by atoms with Crippen molar-refractivity contribution in [1.29, 1.82) is 0 Å². The lowest BCUT2D eigenvalue weighted by molar-refractivity contribution is -0.164. The third-order valence-electron chi connectivity index (χ3n) is 11.5. The number of alkyl halides is 1. The molecular weight excluding hydrogens is 922 g/mol. The number of hydrogen-bond donors (Lipinski definition) is 2. The molecule has 2 aliphatic heterocycles. The third kappa shape index (κ3) is 9.87. The van der Waals surface area contributed by atoms with Crippen LogP contribution < -0.4 is 10.6 Å². The van der Waals surface area contributed by atoms with E-state index in [9.17, 15) is 23.4 Å². The maximum absolute atomic E-state index is 14.4. The normalized spacial score (nSPS) is 19.2. The van der Waals surface area contributed by atoms with Gasteiger partial charge in [-0.3, -0.25) is 18.6 Å². The molecule has 6 aromatic rings. The Hall–Kier alpha value is -6.94. The van der Waals surface area contributed by atoms with Crippen LogP contribution in [-0.2, 0) is 49.8 Å². The number of hydrogen-bond acceptors (Lipinski definition) is 12. The molecule has 2 saturated heterocycles. The highest BCUT2D eigenvalue weighted by molar-refractivity contribution is 7.86. The molecule has 8 rings (SSSR count). The first-order valence-electron chi connectivity index (χ1n) is 21.7. The first-order valence-corrected chi connectivity index (χ1v) is 24.5. The molecule has 348 valence electrons. The quantitative estimate of drug-likeness (QED) is 0.0142. The second-order valence-electron chi connectivity index (χ2n) is 17.3. The molecule has 68 heavy (non-hydrogen) atoms. The lowest BCUT2D eigenvalue weighted by Crippen LogP contribution is -2.77. The fourth-order valence-corrected chi connectivity index (χ4v) is 11.3. The number of benzene rings is 5. The van der Waals surface area contributed by atoms with Crippen LogP contribution in [0.25, 0.3) is 0 Å². The molecule has 3 heterocycles. The number of carbonyl (C=O) groups is 4. The maximum Gasteiger partial charge on any atom is 0.376 e. The summed E-state index contributed by atoms with van der Waals surface area (Å²) in [5.41, 5.74) is 0.397. The summed E-state index contributed by atoms with van der Waals surface area (Å²) < 4.78 is 25.7. The number of nitrogens with zero attached hydrogens (tertiary/aromatic N) is 3. The summed E-state index contributed by atoms with van der Waals surface area (Å²) in [6, 6.07) is 46.7. The van der Waals surface area contributed by atoms with Gasteiger partial charge in [-0.1, -0.05) is 157 Å². The molecule has 0 bridgehead atoms. The van der Waals surface area contributed by atoms with E-state index >= 15 is 0 Å². The molecule has 2 fully saturated rings. The number of esters is 2. The molecule has 4 atom stereocenters. The fourth-order valence-electron chi connectivity index (χ4n) is 8.19. The Bertz CT molecular complexity index is 2710. The van der Waals surface area contributed by atoms with Crippen LogP contribution >= 0.6 is 22.9 Å². The topological polar surface area (TPSA) is 166 Å². The van der Waals surface area contributed by atoms with Gasteiger partial charge >= 0.3 is 11.9 Å². The van der Waals surface area contributed by atoms with Gasteiger partial charge in [-0.25, -0.2) is 9.78 Å². The number of nitrogens with one attached hydrogen (secondary N) is 2. The number of amides is 2. The van der Waals surface area contributed by atoms with E-state index in [1.165, 1.54) is 16.2 Å². The average Bonchev–Trinajstić information content (AvgIpc) is 3.82. The van der Waals surface area contributed by atoms with Crippen LogP contribution in [0.2, 0.25) is 0 Å². The van der Waals surface area contributed by atoms with E-state index in [1.807, 2.05) is 152 Å². The number of halogens is 1. The van der Waals surface area contributed by atoms with E-state index in [0.29, 0.717) is 5.13 Å². The Morgan fingerprint density at radius 2 is 1.35 bits per heavy atom. The van der Waals surface area contributed by atoms with E-state index in [2.05, 4.69) is 22.4 Å². The smallest absolute Gasteiger partial charge is 0.376 e. The van der Waals surface area contributed by atoms with Gasteiger partial charge in [-0.05, 0) is 55.2 Å². The van der Waals surface area contributed by atoms with Crippen molar-refractivity contribution in [1.82, 2.24) is 15.2 Å². The monoisotopic (exact) mass is 969 g/mol. The lowest BCUT2D eigenvalue weighted by atomic mass is 9.77. The summed E-state index contributed by atoms with van der Waals surface area (Å²) in [6.07, 6.45) is -0.797. The minimum Gasteiger partial charge on any atom is -0.454 e. The fraction of sp³-hybridized carbons (Fsp3) is 0.231. The van der Waals surface area contributed by atoms with Gasteiger partial charge in [0.1, 0.15) is 33.7 Å². The van der Waals surface area contributed by atoms with Crippen LogP contribution in [0.3, 0.4) is 0 Å². The first kappa shape index (κ1) is 47.5. The summed E-state index contributed by atoms with van der Waals surface area (Å²) in [7, 11) is -1.90. The summed E-state index contributed by atoms with van der Waals surface area (Å²) >= 11 is 7.71. The van der Waals surface area contributed by atoms with Crippen LogP contribution in [0.5, 0.6) is 0 Å². The molecule has 0 spiro atoms. The zero-order chi connectivity index (χ0) is 48.1. The van der Waals surface area contributed by atoms with E-state index < -0.39 is 80.1 Å². The van der Waals surface area contributed by atoms with Crippen LogP contribution in [-0.4, -0.2) is 78.8 Å². The molecule has 0 aliphatic carbocycles. The van der Waals surface area contributed by atoms with Gasteiger partial charge in [0.15, 0.2) is 16.9 Å². The zero-order valence-corrected chi connectivity index (χ0v) is 39.8. The Morgan fingerprint density at radius 3 is 1.84 bits per heavy atom. The van der Waals surface area contributed by atoms with E-state index in [0.717, 1.165) is 27.8 Å². The highest BCUT2D eigenvalue weighted by Gasteiger charge is 2.61. The SMILES string of the molecule is C=C(ON=C(C(=O)NC1C(=O)N2CC(CCl)(C(=O)OC(c3ccccc3)c3ccccc3)CS(=O)[C@H]12)c1csc(NC(c2ccccc2)(c2ccccc2)c2ccccc2)n1)C(=O)OC(C)(C)C. The lowest BCUT2D eigenvalue weighted by Gasteiger charge is -2.53. The molecule has 16 heteroatoms. The van der Waals surface area contributed by atoms with Crippen LogP contribution in [0.4, 0.5) is 5.13 Å². The Morgan fingerprint density at radius 1 is 0.853 bits per heavy atom. The Kier molecular flexibility index (Phi) is 14.1. The van der Waals surface area contributed by atoms with Crippen molar-refractivity contribution < 1.29 is 37.7 Å². The molecule has 5 aromatic carbocycles. The van der Waals surface area contributed by atoms with Crippen molar-refractivity contribution in [3.05, 3.63) is 203 Å². The van der Waals surface area contributed by atoms with Gasteiger partial charge in [0.05, 0.1) is 0 Å². The van der Waals surface area contributed by atoms with Crippen molar-refractivity contribution in [3.8, 4) is 0 Å². The highest BCUT2D eigenvalue weighted by Crippen LogP contribution is 2.42. The molecule has 2 amide bonds. The Labute approximate surface area is 405 Å².